The molecule has 0 fully saturated rings. The molecule has 1 unspecified atom stereocenters. The fourth-order valence-corrected chi connectivity index (χ4v) is 3.20. The Morgan fingerprint density at radius 3 is 1.41 bits per heavy atom. The van der Waals surface area contributed by atoms with Crippen molar-refractivity contribution in [1.29, 1.82) is 0 Å². The van der Waals surface area contributed by atoms with Gasteiger partial charge in [0.05, 0.1) is 6.42 Å². The molecule has 0 radical (unpaired) electrons. The Labute approximate surface area is 192 Å². The first-order chi connectivity index (χ1) is 13.5. The Morgan fingerprint density at radius 1 is 0.690 bits per heavy atom. The van der Waals surface area contributed by atoms with E-state index in [1.165, 1.54) is 70.6 Å². The van der Waals surface area contributed by atoms with Crippen LogP contribution in [0, 0.1) is 0 Å². The summed E-state index contributed by atoms with van der Waals surface area (Å²) in [4.78, 5) is 33.0. The van der Waals surface area contributed by atoms with Crippen LogP contribution in [0.4, 0.5) is 0 Å². The van der Waals surface area contributed by atoms with Crippen LogP contribution in [-0.2, 0) is 19.1 Å². The summed E-state index contributed by atoms with van der Waals surface area (Å²) in [6.07, 6.45) is 16.3. The predicted molar refractivity (Wildman–Crippen MR) is 118 cm³/mol. The molecule has 0 saturated heterocycles. The lowest BCUT2D eigenvalue weighted by atomic mass is 10.0. The van der Waals surface area contributed by atoms with Crippen LogP contribution in [0.15, 0.2) is 0 Å². The largest absolute Gasteiger partial charge is 0.481 e. The van der Waals surface area contributed by atoms with E-state index in [0.717, 1.165) is 19.3 Å². The summed E-state index contributed by atoms with van der Waals surface area (Å²) in [6, 6.07) is 0. The normalized spacial score (nSPS) is 11.5. The molecule has 0 saturated carbocycles. The minimum atomic E-state index is -1.60. The van der Waals surface area contributed by atoms with Crippen LogP contribution in [0.25, 0.3) is 0 Å². The first-order valence-corrected chi connectivity index (χ1v) is 11.1. The zero-order chi connectivity index (χ0) is 21.0. The Bertz CT molecular complexity index is 428. The molecular formula is C22H42MgO6. The van der Waals surface area contributed by atoms with Gasteiger partial charge in [0.15, 0.2) is 0 Å². The van der Waals surface area contributed by atoms with Crippen molar-refractivity contribution in [3.63, 3.8) is 0 Å². The number of unbranched alkanes of at least 4 members (excludes halogenated alkanes) is 14. The number of ether oxygens (including phenoxy) is 1. The fraction of sp³-hybridized carbons (Fsp3) is 0.864. The minimum Gasteiger partial charge on any atom is -0.481 e. The van der Waals surface area contributed by atoms with Gasteiger partial charge in [-0.1, -0.05) is 96.8 Å². The van der Waals surface area contributed by atoms with Gasteiger partial charge in [-0.25, -0.2) is 4.79 Å². The van der Waals surface area contributed by atoms with Crippen LogP contribution < -0.4 is 0 Å². The van der Waals surface area contributed by atoms with Gasteiger partial charge in [-0.2, -0.15) is 0 Å². The van der Waals surface area contributed by atoms with Gasteiger partial charge < -0.3 is 14.9 Å². The lowest BCUT2D eigenvalue weighted by Gasteiger charge is -2.11. The Balaban J connectivity index is 0. The van der Waals surface area contributed by atoms with E-state index in [0.29, 0.717) is 6.42 Å². The summed E-state index contributed by atoms with van der Waals surface area (Å²) in [5, 5.41) is 17.4. The van der Waals surface area contributed by atoms with Crippen molar-refractivity contribution in [2.75, 3.05) is 0 Å². The van der Waals surface area contributed by atoms with Crippen LogP contribution in [0.3, 0.4) is 0 Å². The van der Waals surface area contributed by atoms with Gasteiger partial charge >= 0.3 is 41.0 Å². The Kier molecular flexibility index (Phi) is 22.9. The van der Waals surface area contributed by atoms with Crippen LogP contribution in [-0.4, -0.2) is 57.3 Å². The van der Waals surface area contributed by atoms with Crippen molar-refractivity contribution in [2.24, 2.45) is 0 Å². The van der Waals surface area contributed by atoms with Gasteiger partial charge in [0.2, 0.25) is 6.10 Å². The third-order valence-electron chi connectivity index (χ3n) is 4.89. The minimum absolute atomic E-state index is 0. The van der Waals surface area contributed by atoms with E-state index >= 15 is 0 Å². The summed E-state index contributed by atoms with van der Waals surface area (Å²) < 4.78 is 4.72. The number of rotatable bonds is 20. The molecule has 0 heterocycles. The predicted octanol–water partition coefficient (Wildman–Crippen LogP) is 4.80. The lowest BCUT2D eigenvalue weighted by molar-refractivity contribution is -0.167. The van der Waals surface area contributed by atoms with Gasteiger partial charge in [-0.15, -0.1) is 0 Å². The van der Waals surface area contributed by atoms with E-state index in [2.05, 4.69) is 6.92 Å². The van der Waals surface area contributed by atoms with E-state index in [-0.39, 0.29) is 29.5 Å². The maximum atomic E-state index is 11.6. The van der Waals surface area contributed by atoms with Crippen LogP contribution >= 0.6 is 0 Å². The number of carboxylic acid groups (broad SMARTS) is 2. The molecule has 0 aliphatic carbocycles. The zero-order valence-corrected chi connectivity index (χ0v) is 17.6. The quantitative estimate of drug-likeness (QED) is 0.165. The first-order valence-electron chi connectivity index (χ1n) is 11.1. The SMILES string of the molecule is CCCCCCCCCCCCCCCCCC(=O)OC(CC(=O)O)C(=O)O.[MgH2]. The number of esters is 1. The molecule has 0 aromatic heterocycles. The Hall–Kier alpha value is -0.824. The van der Waals surface area contributed by atoms with E-state index in [1.807, 2.05) is 0 Å². The van der Waals surface area contributed by atoms with Crippen molar-refractivity contribution in [3.8, 4) is 0 Å². The molecule has 7 heteroatoms. The lowest BCUT2D eigenvalue weighted by Crippen LogP contribution is -2.29. The fourth-order valence-electron chi connectivity index (χ4n) is 3.20. The number of hydrogen-bond acceptors (Lipinski definition) is 4. The monoisotopic (exact) mass is 426 g/mol. The summed E-state index contributed by atoms with van der Waals surface area (Å²) in [5.41, 5.74) is 0. The van der Waals surface area contributed by atoms with Gasteiger partial charge in [-0.05, 0) is 6.42 Å². The maximum absolute atomic E-state index is 11.6. The van der Waals surface area contributed by atoms with Crippen LogP contribution in [0.1, 0.15) is 116 Å². The van der Waals surface area contributed by atoms with Gasteiger partial charge in [0, 0.05) is 6.42 Å². The molecule has 0 rings (SSSR count). The molecule has 0 aliphatic rings. The molecule has 0 amide bonds. The molecule has 6 nitrogen and oxygen atoms in total. The second kappa shape index (κ2) is 21.9. The highest BCUT2D eigenvalue weighted by Gasteiger charge is 2.24. The molecule has 0 aromatic carbocycles. The maximum Gasteiger partial charge on any atom is 0.345 e. The molecule has 168 valence electrons. The second-order valence-electron chi connectivity index (χ2n) is 7.61. The molecule has 1 atom stereocenters. The second-order valence-corrected chi connectivity index (χ2v) is 7.61. The zero-order valence-electron chi connectivity index (χ0n) is 17.6. The smallest absolute Gasteiger partial charge is 0.345 e. The number of carboxylic acids is 2. The average Bonchev–Trinajstić information content (AvgIpc) is 2.64. The molecular weight excluding hydrogens is 385 g/mol. The molecule has 0 bridgehead atoms. The summed E-state index contributed by atoms with van der Waals surface area (Å²) in [5.74, 6) is -3.36. The van der Waals surface area contributed by atoms with Crippen molar-refractivity contribution in [1.82, 2.24) is 0 Å². The van der Waals surface area contributed by atoms with E-state index in [1.54, 1.807) is 0 Å². The van der Waals surface area contributed by atoms with Crippen molar-refractivity contribution < 1.29 is 29.3 Å². The van der Waals surface area contributed by atoms with Gasteiger partial charge in [0.25, 0.3) is 0 Å². The third-order valence-corrected chi connectivity index (χ3v) is 4.89. The van der Waals surface area contributed by atoms with E-state index in [4.69, 9.17) is 14.9 Å². The number of carbonyl (C=O) groups excluding carboxylic acids is 1. The van der Waals surface area contributed by atoms with Crippen LogP contribution in [0.2, 0.25) is 0 Å². The van der Waals surface area contributed by atoms with Gasteiger partial charge in [-0.3, -0.25) is 9.59 Å². The highest BCUT2D eigenvalue weighted by atomic mass is 24.3. The Morgan fingerprint density at radius 2 is 1.07 bits per heavy atom. The highest BCUT2D eigenvalue weighted by Crippen LogP contribution is 2.14. The first kappa shape index (κ1) is 30.4. The summed E-state index contributed by atoms with van der Waals surface area (Å²) >= 11 is 0. The van der Waals surface area contributed by atoms with E-state index < -0.39 is 30.4 Å². The van der Waals surface area contributed by atoms with Gasteiger partial charge in [0.1, 0.15) is 0 Å². The van der Waals surface area contributed by atoms with Crippen molar-refractivity contribution >= 4 is 41.0 Å². The summed E-state index contributed by atoms with van der Waals surface area (Å²) in [6.45, 7) is 2.25. The molecule has 0 aromatic rings. The molecule has 29 heavy (non-hydrogen) atoms. The van der Waals surface area contributed by atoms with Crippen molar-refractivity contribution in [3.05, 3.63) is 0 Å². The van der Waals surface area contributed by atoms with Crippen LogP contribution in [0.5, 0.6) is 0 Å². The van der Waals surface area contributed by atoms with E-state index in [9.17, 15) is 14.4 Å². The summed E-state index contributed by atoms with van der Waals surface area (Å²) in [7, 11) is 0. The topological polar surface area (TPSA) is 101 Å². The number of aliphatic carboxylic acids is 2. The standard InChI is InChI=1S/C22H40O6.Mg.2H/c1-2-3-4-5-6-7-8-9-10-11-12-13-14-15-16-17-21(25)28-19(22(26)27)18-20(23)24;;;/h19H,2-18H2,1H3,(H,23,24)(H,26,27);;;. The van der Waals surface area contributed by atoms with Crippen molar-refractivity contribution in [2.45, 2.75) is 122 Å². The third kappa shape index (κ3) is 21.7. The average molecular weight is 427 g/mol. The number of hydrogen-bond donors (Lipinski definition) is 2. The highest BCUT2D eigenvalue weighted by molar-refractivity contribution is 5.82. The molecule has 0 aliphatic heterocycles. The number of carbonyl (C=O) groups is 3. The molecule has 2 N–H and O–H groups in total. The molecule has 0 spiro atoms.